The van der Waals surface area contributed by atoms with E-state index in [1.807, 2.05) is 0 Å². The van der Waals surface area contributed by atoms with Gasteiger partial charge in [-0.05, 0) is 18.2 Å². The number of fused-ring (bicyclic) bond motifs is 1. The van der Waals surface area contributed by atoms with Gasteiger partial charge in [-0.25, -0.2) is 13.7 Å². The molecule has 1 N–H and O–H groups in total. The number of hydrogen-bond acceptors (Lipinski definition) is 2. The molecule has 0 aliphatic carbocycles. The van der Waals surface area contributed by atoms with Crippen molar-refractivity contribution in [2.45, 2.75) is 0 Å². The van der Waals surface area contributed by atoms with E-state index in [1.165, 1.54) is 28.9 Å². The Morgan fingerprint density at radius 2 is 2.31 bits per heavy atom. The van der Waals surface area contributed by atoms with E-state index >= 15 is 0 Å². The van der Waals surface area contributed by atoms with E-state index < -0.39 is 11.8 Å². The standard InChI is InChI=1S/C8H5FN2O2/c9-5-1-2-11-6(3-5)4-7(10-11)8(12)13/h1-4H,(H,12,13). The van der Waals surface area contributed by atoms with Crippen LogP contribution in [0.4, 0.5) is 4.39 Å². The van der Waals surface area contributed by atoms with Gasteiger partial charge in [0.05, 0.1) is 5.52 Å². The first-order valence-electron chi connectivity index (χ1n) is 3.55. The molecule has 4 nitrogen and oxygen atoms in total. The summed E-state index contributed by atoms with van der Waals surface area (Å²) in [6.07, 6.45) is 1.37. The Balaban J connectivity index is 2.68. The van der Waals surface area contributed by atoms with E-state index in [-0.39, 0.29) is 5.69 Å². The first kappa shape index (κ1) is 7.72. The largest absolute Gasteiger partial charge is 0.476 e. The van der Waals surface area contributed by atoms with Crippen LogP contribution in [0.1, 0.15) is 10.5 Å². The third-order valence-corrected chi connectivity index (χ3v) is 1.64. The van der Waals surface area contributed by atoms with Crippen molar-refractivity contribution < 1.29 is 14.3 Å². The van der Waals surface area contributed by atoms with Crippen LogP contribution in [0.2, 0.25) is 0 Å². The van der Waals surface area contributed by atoms with Gasteiger partial charge in [0.25, 0.3) is 0 Å². The van der Waals surface area contributed by atoms with Gasteiger partial charge in [-0.1, -0.05) is 0 Å². The summed E-state index contributed by atoms with van der Waals surface area (Å²) in [5, 5.41) is 12.3. The van der Waals surface area contributed by atoms with Crippen LogP contribution in [0.3, 0.4) is 0 Å². The van der Waals surface area contributed by atoms with Crippen LogP contribution in [0, 0.1) is 5.82 Å². The smallest absolute Gasteiger partial charge is 0.356 e. The maximum atomic E-state index is 12.7. The lowest BCUT2D eigenvalue weighted by molar-refractivity contribution is 0.0690. The second kappa shape index (κ2) is 2.55. The van der Waals surface area contributed by atoms with Crippen LogP contribution >= 0.6 is 0 Å². The van der Waals surface area contributed by atoms with Crippen molar-refractivity contribution in [2.75, 3.05) is 0 Å². The molecular formula is C8H5FN2O2. The average molecular weight is 180 g/mol. The molecule has 5 heteroatoms. The molecule has 2 heterocycles. The third kappa shape index (κ3) is 1.24. The lowest BCUT2D eigenvalue weighted by atomic mass is 10.3. The summed E-state index contributed by atoms with van der Waals surface area (Å²) in [5.41, 5.74) is 0.336. The van der Waals surface area contributed by atoms with Crippen LogP contribution in [0.25, 0.3) is 5.52 Å². The summed E-state index contributed by atoms with van der Waals surface area (Å²) in [7, 11) is 0. The van der Waals surface area contributed by atoms with Gasteiger partial charge in [0, 0.05) is 6.20 Å². The number of pyridine rings is 1. The summed E-state index contributed by atoms with van der Waals surface area (Å²) in [4.78, 5) is 10.5. The Morgan fingerprint density at radius 3 is 3.00 bits per heavy atom. The lowest BCUT2D eigenvalue weighted by Gasteiger charge is -1.90. The predicted molar refractivity (Wildman–Crippen MR) is 42.1 cm³/mol. The van der Waals surface area contributed by atoms with Crippen molar-refractivity contribution in [3.8, 4) is 0 Å². The van der Waals surface area contributed by atoms with E-state index in [4.69, 9.17) is 5.11 Å². The number of carboxylic acid groups (broad SMARTS) is 1. The van der Waals surface area contributed by atoms with Crippen molar-refractivity contribution in [2.24, 2.45) is 0 Å². The van der Waals surface area contributed by atoms with Crippen LogP contribution in [-0.2, 0) is 0 Å². The second-order valence-electron chi connectivity index (χ2n) is 2.55. The highest BCUT2D eigenvalue weighted by Gasteiger charge is 2.08. The summed E-state index contributed by atoms with van der Waals surface area (Å²) in [6, 6.07) is 3.75. The Morgan fingerprint density at radius 1 is 1.54 bits per heavy atom. The fraction of sp³-hybridized carbons (Fsp3) is 0. The normalized spacial score (nSPS) is 10.5. The van der Waals surface area contributed by atoms with Crippen molar-refractivity contribution >= 4 is 11.5 Å². The van der Waals surface area contributed by atoms with Gasteiger partial charge in [-0.3, -0.25) is 0 Å². The van der Waals surface area contributed by atoms with Crippen molar-refractivity contribution in [3.63, 3.8) is 0 Å². The predicted octanol–water partition coefficient (Wildman–Crippen LogP) is 1.17. The molecule has 66 valence electrons. The van der Waals surface area contributed by atoms with Gasteiger partial charge in [0.15, 0.2) is 5.69 Å². The molecule has 0 bridgehead atoms. The molecule has 2 aromatic heterocycles. The molecule has 0 radical (unpaired) electrons. The van der Waals surface area contributed by atoms with Crippen molar-refractivity contribution in [1.29, 1.82) is 0 Å². The van der Waals surface area contributed by atoms with Gasteiger partial charge in [0.2, 0.25) is 0 Å². The molecule has 0 aliphatic heterocycles. The maximum absolute atomic E-state index is 12.7. The molecule has 2 aromatic rings. The molecule has 0 amide bonds. The number of carbonyl (C=O) groups is 1. The maximum Gasteiger partial charge on any atom is 0.356 e. The Kier molecular flexibility index (Phi) is 1.51. The molecule has 0 saturated carbocycles. The number of aromatic carboxylic acids is 1. The zero-order valence-electron chi connectivity index (χ0n) is 6.44. The zero-order chi connectivity index (χ0) is 9.42. The fourth-order valence-corrected chi connectivity index (χ4v) is 1.07. The third-order valence-electron chi connectivity index (χ3n) is 1.64. The van der Waals surface area contributed by atoms with Gasteiger partial charge < -0.3 is 5.11 Å². The minimum absolute atomic E-state index is 0.0920. The van der Waals surface area contributed by atoms with Crippen LogP contribution in [-0.4, -0.2) is 20.7 Å². The molecule has 0 atom stereocenters. The number of hydrogen-bond donors (Lipinski definition) is 1. The van der Waals surface area contributed by atoms with Gasteiger partial charge in [0.1, 0.15) is 5.82 Å². The van der Waals surface area contributed by atoms with Gasteiger partial charge in [-0.15, -0.1) is 0 Å². The number of halogens is 1. The quantitative estimate of drug-likeness (QED) is 0.716. The number of carboxylic acids is 1. The zero-order valence-corrected chi connectivity index (χ0v) is 6.44. The van der Waals surface area contributed by atoms with Crippen molar-refractivity contribution in [1.82, 2.24) is 9.61 Å². The van der Waals surface area contributed by atoms with E-state index in [0.29, 0.717) is 5.52 Å². The molecule has 0 fully saturated rings. The Bertz CT molecular complexity index is 478. The summed E-state index contributed by atoms with van der Waals surface area (Å²) < 4.78 is 14.0. The van der Waals surface area contributed by atoms with Gasteiger partial charge in [-0.2, -0.15) is 5.10 Å². The highest BCUT2D eigenvalue weighted by Crippen LogP contribution is 2.07. The van der Waals surface area contributed by atoms with E-state index in [1.54, 1.807) is 0 Å². The van der Waals surface area contributed by atoms with Gasteiger partial charge >= 0.3 is 5.97 Å². The summed E-state index contributed by atoms with van der Waals surface area (Å²) in [6.45, 7) is 0. The molecule has 2 rings (SSSR count). The summed E-state index contributed by atoms with van der Waals surface area (Å²) in [5.74, 6) is -1.53. The minimum Gasteiger partial charge on any atom is -0.476 e. The number of aromatic nitrogens is 2. The van der Waals surface area contributed by atoms with Crippen molar-refractivity contribution in [3.05, 3.63) is 35.9 Å². The first-order chi connectivity index (χ1) is 6.16. The second-order valence-corrected chi connectivity index (χ2v) is 2.55. The molecule has 0 unspecified atom stereocenters. The Hall–Kier alpha value is -1.91. The summed E-state index contributed by atoms with van der Waals surface area (Å²) >= 11 is 0. The van der Waals surface area contributed by atoms with Crippen LogP contribution < -0.4 is 0 Å². The molecular weight excluding hydrogens is 175 g/mol. The first-order valence-corrected chi connectivity index (χ1v) is 3.55. The highest BCUT2D eigenvalue weighted by molar-refractivity contribution is 5.86. The lowest BCUT2D eigenvalue weighted by Crippen LogP contribution is -1.97. The minimum atomic E-state index is -1.12. The van der Waals surface area contributed by atoms with Crippen LogP contribution in [0.15, 0.2) is 24.4 Å². The number of rotatable bonds is 1. The Labute approximate surface area is 72.2 Å². The van der Waals surface area contributed by atoms with E-state index in [2.05, 4.69) is 5.10 Å². The molecule has 0 aromatic carbocycles. The highest BCUT2D eigenvalue weighted by atomic mass is 19.1. The monoisotopic (exact) mass is 180 g/mol. The molecule has 13 heavy (non-hydrogen) atoms. The molecule has 0 spiro atoms. The van der Waals surface area contributed by atoms with Crippen LogP contribution in [0.5, 0.6) is 0 Å². The topological polar surface area (TPSA) is 54.6 Å². The SMILES string of the molecule is O=C(O)c1cc2cc(F)ccn2n1. The van der Waals surface area contributed by atoms with E-state index in [9.17, 15) is 9.18 Å². The van der Waals surface area contributed by atoms with E-state index in [0.717, 1.165) is 0 Å². The number of nitrogens with zero attached hydrogens (tertiary/aromatic N) is 2. The fourth-order valence-electron chi connectivity index (χ4n) is 1.07. The average Bonchev–Trinajstić information content (AvgIpc) is 2.46. The molecule has 0 aliphatic rings. The molecule has 0 saturated heterocycles.